The molecule has 0 aliphatic rings. The molecule has 2 aromatic carbocycles. The number of carbonyl (C=O) groups is 1. The first kappa shape index (κ1) is 18.1. The second-order valence-corrected chi connectivity index (χ2v) is 7.39. The third-order valence-electron chi connectivity index (χ3n) is 3.60. The summed E-state index contributed by atoms with van der Waals surface area (Å²) in [7, 11) is 0. The van der Waals surface area contributed by atoms with Crippen molar-refractivity contribution in [1.29, 1.82) is 0 Å². The summed E-state index contributed by atoms with van der Waals surface area (Å²) in [4.78, 5) is 12.2. The lowest BCUT2D eigenvalue weighted by Crippen LogP contribution is -2.12. The SMILES string of the molecule is CC(C)COc1ccc(C(=O)Oc2ccc(C(C)(C)C)cc2)cc1. The predicted molar refractivity (Wildman–Crippen MR) is 96.9 cm³/mol. The summed E-state index contributed by atoms with van der Waals surface area (Å²) in [6, 6.07) is 14.7. The van der Waals surface area contributed by atoms with Crippen molar-refractivity contribution < 1.29 is 14.3 Å². The molecule has 0 saturated heterocycles. The molecule has 0 aliphatic heterocycles. The number of rotatable bonds is 5. The number of hydrogen-bond acceptors (Lipinski definition) is 3. The van der Waals surface area contributed by atoms with E-state index in [0.717, 1.165) is 5.75 Å². The first-order valence-corrected chi connectivity index (χ1v) is 8.31. The van der Waals surface area contributed by atoms with Gasteiger partial charge in [0, 0.05) is 0 Å². The molecule has 3 nitrogen and oxygen atoms in total. The van der Waals surface area contributed by atoms with Gasteiger partial charge >= 0.3 is 5.97 Å². The Balaban J connectivity index is 1.99. The molecular formula is C21H26O3. The van der Waals surface area contributed by atoms with Crippen LogP contribution in [0.4, 0.5) is 0 Å². The van der Waals surface area contributed by atoms with Crippen molar-refractivity contribution in [3.8, 4) is 11.5 Å². The van der Waals surface area contributed by atoms with Gasteiger partial charge < -0.3 is 9.47 Å². The summed E-state index contributed by atoms with van der Waals surface area (Å²) in [5.74, 6) is 1.41. The highest BCUT2D eigenvalue weighted by Crippen LogP contribution is 2.24. The van der Waals surface area contributed by atoms with Gasteiger partial charge in [-0.05, 0) is 53.3 Å². The van der Waals surface area contributed by atoms with Crippen molar-refractivity contribution in [2.24, 2.45) is 5.92 Å². The maximum absolute atomic E-state index is 12.2. The molecule has 0 bridgehead atoms. The molecule has 0 atom stereocenters. The highest BCUT2D eigenvalue weighted by molar-refractivity contribution is 5.91. The lowest BCUT2D eigenvalue weighted by molar-refractivity contribution is 0.0734. The van der Waals surface area contributed by atoms with Gasteiger partial charge in [0.1, 0.15) is 11.5 Å². The summed E-state index contributed by atoms with van der Waals surface area (Å²) in [6.45, 7) is 11.3. The highest BCUT2D eigenvalue weighted by Gasteiger charge is 2.14. The average molecular weight is 326 g/mol. The molecule has 0 heterocycles. The molecule has 128 valence electrons. The van der Waals surface area contributed by atoms with Crippen molar-refractivity contribution in [1.82, 2.24) is 0 Å². The monoisotopic (exact) mass is 326 g/mol. The van der Waals surface area contributed by atoms with E-state index in [4.69, 9.17) is 9.47 Å². The number of ether oxygens (including phenoxy) is 2. The molecule has 0 unspecified atom stereocenters. The second-order valence-electron chi connectivity index (χ2n) is 7.39. The molecular weight excluding hydrogens is 300 g/mol. The Morgan fingerprint density at radius 1 is 0.917 bits per heavy atom. The van der Waals surface area contributed by atoms with Crippen LogP contribution in [0, 0.1) is 5.92 Å². The summed E-state index contributed by atoms with van der Waals surface area (Å²) in [6.07, 6.45) is 0. The van der Waals surface area contributed by atoms with Gasteiger partial charge in [-0.1, -0.05) is 46.8 Å². The fourth-order valence-electron chi connectivity index (χ4n) is 2.14. The quantitative estimate of drug-likeness (QED) is 0.557. The van der Waals surface area contributed by atoms with E-state index in [1.807, 2.05) is 24.3 Å². The minimum atomic E-state index is -0.367. The Morgan fingerprint density at radius 2 is 1.46 bits per heavy atom. The van der Waals surface area contributed by atoms with E-state index in [9.17, 15) is 4.79 Å². The van der Waals surface area contributed by atoms with Gasteiger partial charge in [-0.2, -0.15) is 0 Å². The molecule has 0 spiro atoms. The standard InChI is InChI=1S/C21H26O3/c1-15(2)14-23-18-10-6-16(7-11-18)20(22)24-19-12-8-17(9-13-19)21(3,4)5/h6-13,15H,14H2,1-5H3. The first-order valence-electron chi connectivity index (χ1n) is 8.31. The van der Waals surface area contributed by atoms with E-state index in [1.54, 1.807) is 24.3 Å². The van der Waals surface area contributed by atoms with Gasteiger partial charge in [-0.3, -0.25) is 0 Å². The molecule has 3 heteroatoms. The van der Waals surface area contributed by atoms with E-state index in [1.165, 1.54) is 5.56 Å². The average Bonchev–Trinajstić information content (AvgIpc) is 2.53. The molecule has 0 aliphatic carbocycles. The first-order chi connectivity index (χ1) is 11.3. The maximum Gasteiger partial charge on any atom is 0.343 e. The van der Waals surface area contributed by atoms with Crippen LogP contribution in [0.3, 0.4) is 0 Å². The third kappa shape index (κ3) is 5.12. The highest BCUT2D eigenvalue weighted by atomic mass is 16.5. The van der Waals surface area contributed by atoms with Crippen LogP contribution in [-0.4, -0.2) is 12.6 Å². The molecule has 0 aromatic heterocycles. The third-order valence-corrected chi connectivity index (χ3v) is 3.60. The van der Waals surface area contributed by atoms with Crippen LogP contribution in [0.2, 0.25) is 0 Å². The maximum atomic E-state index is 12.2. The second kappa shape index (κ2) is 7.52. The zero-order valence-electron chi connectivity index (χ0n) is 15.1. The van der Waals surface area contributed by atoms with Crippen molar-refractivity contribution >= 4 is 5.97 Å². The Bertz CT molecular complexity index is 662. The van der Waals surface area contributed by atoms with Crippen LogP contribution in [0.15, 0.2) is 48.5 Å². The van der Waals surface area contributed by atoms with Crippen LogP contribution in [0.1, 0.15) is 50.5 Å². The van der Waals surface area contributed by atoms with E-state index >= 15 is 0 Å². The van der Waals surface area contributed by atoms with E-state index in [2.05, 4.69) is 34.6 Å². The Kier molecular flexibility index (Phi) is 5.66. The Labute approximate surface area is 144 Å². The number of esters is 1. The van der Waals surface area contributed by atoms with Gasteiger partial charge in [-0.15, -0.1) is 0 Å². The molecule has 2 aromatic rings. The summed E-state index contributed by atoms with van der Waals surface area (Å²) >= 11 is 0. The molecule has 24 heavy (non-hydrogen) atoms. The predicted octanol–water partition coefficient (Wildman–Crippen LogP) is 5.24. The fraction of sp³-hybridized carbons (Fsp3) is 0.381. The van der Waals surface area contributed by atoms with Gasteiger partial charge in [0.25, 0.3) is 0 Å². The largest absolute Gasteiger partial charge is 0.493 e. The number of carbonyl (C=O) groups excluding carboxylic acids is 1. The minimum Gasteiger partial charge on any atom is -0.493 e. The minimum absolute atomic E-state index is 0.0777. The zero-order chi connectivity index (χ0) is 17.7. The molecule has 0 N–H and O–H groups in total. The van der Waals surface area contributed by atoms with Crippen molar-refractivity contribution in [2.75, 3.05) is 6.61 Å². The smallest absolute Gasteiger partial charge is 0.343 e. The number of benzene rings is 2. The summed E-state index contributed by atoms with van der Waals surface area (Å²) in [5, 5.41) is 0. The van der Waals surface area contributed by atoms with Crippen molar-refractivity contribution in [2.45, 2.75) is 40.0 Å². The molecule has 0 radical (unpaired) electrons. The van der Waals surface area contributed by atoms with E-state index in [-0.39, 0.29) is 11.4 Å². The van der Waals surface area contributed by atoms with Crippen LogP contribution in [-0.2, 0) is 5.41 Å². The fourth-order valence-corrected chi connectivity index (χ4v) is 2.14. The van der Waals surface area contributed by atoms with Crippen LogP contribution in [0.5, 0.6) is 11.5 Å². The molecule has 0 saturated carbocycles. The normalized spacial score (nSPS) is 11.4. The summed E-state index contributed by atoms with van der Waals surface area (Å²) < 4.78 is 11.0. The van der Waals surface area contributed by atoms with Gasteiger partial charge in [0.15, 0.2) is 0 Å². The molecule has 2 rings (SSSR count). The van der Waals surface area contributed by atoms with E-state index in [0.29, 0.717) is 23.8 Å². The zero-order valence-corrected chi connectivity index (χ0v) is 15.1. The lowest BCUT2D eigenvalue weighted by Gasteiger charge is -2.19. The van der Waals surface area contributed by atoms with Gasteiger partial charge in [0.05, 0.1) is 12.2 Å². The van der Waals surface area contributed by atoms with E-state index < -0.39 is 0 Å². The Hall–Kier alpha value is -2.29. The van der Waals surface area contributed by atoms with Crippen LogP contribution in [0.25, 0.3) is 0 Å². The lowest BCUT2D eigenvalue weighted by atomic mass is 9.87. The number of hydrogen-bond donors (Lipinski definition) is 0. The van der Waals surface area contributed by atoms with Gasteiger partial charge in [-0.25, -0.2) is 4.79 Å². The van der Waals surface area contributed by atoms with Crippen molar-refractivity contribution in [3.05, 3.63) is 59.7 Å². The van der Waals surface area contributed by atoms with Gasteiger partial charge in [0.2, 0.25) is 0 Å². The topological polar surface area (TPSA) is 35.5 Å². The summed E-state index contributed by atoms with van der Waals surface area (Å²) in [5.41, 5.74) is 1.79. The Morgan fingerprint density at radius 3 is 1.96 bits per heavy atom. The molecule has 0 amide bonds. The van der Waals surface area contributed by atoms with Crippen LogP contribution < -0.4 is 9.47 Å². The van der Waals surface area contributed by atoms with Crippen LogP contribution >= 0.6 is 0 Å². The van der Waals surface area contributed by atoms with Crippen molar-refractivity contribution in [3.63, 3.8) is 0 Å². The molecule has 0 fully saturated rings.